The van der Waals surface area contributed by atoms with Crippen LogP contribution in [0.3, 0.4) is 0 Å². The highest BCUT2D eigenvalue weighted by Crippen LogP contribution is 2.20. The maximum absolute atomic E-state index is 13.2. The summed E-state index contributed by atoms with van der Waals surface area (Å²) in [6.45, 7) is 4.94. The van der Waals surface area contributed by atoms with Gasteiger partial charge < -0.3 is 5.32 Å². The topological polar surface area (TPSA) is 24.9 Å². The molecule has 18 heavy (non-hydrogen) atoms. The van der Waals surface area contributed by atoms with Crippen molar-refractivity contribution >= 4 is 11.3 Å². The molecule has 0 saturated carbocycles. The molecule has 1 aromatic heterocycles. The zero-order chi connectivity index (χ0) is 13.0. The second-order valence-electron chi connectivity index (χ2n) is 4.24. The third-order valence-electron chi connectivity index (χ3n) is 2.77. The average molecular weight is 264 g/mol. The van der Waals surface area contributed by atoms with Gasteiger partial charge in [-0.25, -0.2) is 9.37 Å². The molecule has 1 atom stereocenters. The van der Waals surface area contributed by atoms with E-state index in [1.165, 1.54) is 6.07 Å². The van der Waals surface area contributed by atoms with Gasteiger partial charge in [-0.2, -0.15) is 0 Å². The van der Waals surface area contributed by atoms with Crippen molar-refractivity contribution in [2.45, 2.75) is 26.3 Å². The molecule has 96 valence electrons. The van der Waals surface area contributed by atoms with Gasteiger partial charge in [-0.05, 0) is 37.6 Å². The van der Waals surface area contributed by atoms with Crippen LogP contribution in [0.25, 0.3) is 0 Å². The van der Waals surface area contributed by atoms with Gasteiger partial charge in [0, 0.05) is 5.38 Å². The molecular formula is C14H17FN2S. The van der Waals surface area contributed by atoms with Crippen molar-refractivity contribution in [1.82, 2.24) is 10.3 Å². The smallest absolute Gasteiger partial charge is 0.123 e. The summed E-state index contributed by atoms with van der Waals surface area (Å²) in [5, 5.41) is 6.54. The van der Waals surface area contributed by atoms with Crippen molar-refractivity contribution in [1.29, 1.82) is 0 Å². The minimum Gasteiger partial charge on any atom is -0.309 e. The second-order valence-corrected chi connectivity index (χ2v) is 5.30. The third-order valence-corrected chi connectivity index (χ3v) is 3.56. The minimum atomic E-state index is -0.183. The number of hydrogen-bond donors (Lipinski definition) is 1. The van der Waals surface area contributed by atoms with E-state index in [1.807, 2.05) is 13.0 Å². The van der Waals surface area contributed by atoms with Gasteiger partial charge in [0.2, 0.25) is 0 Å². The molecule has 2 nitrogen and oxygen atoms in total. The molecule has 2 aromatic rings. The lowest BCUT2D eigenvalue weighted by Gasteiger charge is -2.15. The summed E-state index contributed by atoms with van der Waals surface area (Å²) < 4.78 is 13.2. The van der Waals surface area contributed by atoms with E-state index >= 15 is 0 Å². The standard InChI is InChI=1S/C14H17FN2S/c1-3-16-13(14-9-18-10(2)17-14)8-11-5-4-6-12(15)7-11/h4-7,9,13,16H,3,8H2,1-2H3. The predicted molar refractivity (Wildman–Crippen MR) is 73.4 cm³/mol. The van der Waals surface area contributed by atoms with Gasteiger partial charge in [0.1, 0.15) is 5.82 Å². The van der Waals surface area contributed by atoms with Crippen molar-refractivity contribution < 1.29 is 4.39 Å². The van der Waals surface area contributed by atoms with Crippen LogP contribution in [-0.2, 0) is 6.42 Å². The highest BCUT2D eigenvalue weighted by molar-refractivity contribution is 7.09. The first-order valence-corrected chi connectivity index (χ1v) is 6.97. The molecule has 1 unspecified atom stereocenters. The number of halogens is 1. The zero-order valence-electron chi connectivity index (χ0n) is 10.6. The molecule has 1 heterocycles. The Morgan fingerprint density at radius 3 is 2.89 bits per heavy atom. The number of benzene rings is 1. The lowest BCUT2D eigenvalue weighted by atomic mass is 10.0. The summed E-state index contributed by atoms with van der Waals surface area (Å²) in [7, 11) is 0. The van der Waals surface area contributed by atoms with Gasteiger partial charge in [0.05, 0.1) is 16.7 Å². The Bertz CT molecular complexity index is 510. The van der Waals surface area contributed by atoms with E-state index < -0.39 is 0 Å². The fraction of sp³-hybridized carbons (Fsp3) is 0.357. The Balaban J connectivity index is 2.16. The van der Waals surface area contributed by atoms with Crippen LogP contribution in [0.4, 0.5) is 4.39 Å². The van der Waals surface area contributed by atoms with Gasteiger partial charge in [0.15, 0.2) is 0 Å². The van der Waals surface area contributed by atoms with Crippen molar-refractivity contribution in [3.05, 3.63) is 51.7 Å². The Morgan fingerprint density at radius 2 is 2.28 bits per heavy atom. The molecule has 0 spiro atoms. The van der Waals surface area contributed by atoms with Crippen LogP contribution in [0, 0.1) is 12.7 Å². The number of likely N-dealkylation sites (N-methyl/N-ethyl adjacent to an activating group) is 1. The van der Waals surface area contributed by atoms with E-state index in [-0.39, 0.29) is 11.9 Å². The Morgan fingerprint density at radius 1 is 1.44 bits per heavy atom. The molecule has 0 bridgehead atoms. The van der Waals surface area contributed by atoms with Crippen LogP contribution in [-0.4, -0.2) is 11.5 Å². The van der Waals surface area contributed by atoms with Crippen LogP contribution in [0.1, 0.15) is 29.2 Å². The molecule has 0 radical (unpaired) electrons. The maximum Gasteiger partial charge on any atom is 0.123 e. The number of rotatable bonds is 5. The fourth-order valence-electron chi connectivity index (χ4n) is 1.97. The maximum atomic E-state index is 13.2. The van der Waals surface area contributed by atoms with Crippen molar-refractivity contribution in [3.63, 3.8) is 0 Å². The van der Waals surface area contributed by atoms with Gasteiger partial charge in [-0.3, -0.25) is 0 Å². The number of aryl methyl sites for hydroxylation is 1. The highest BCUT2D eigenvalue weighted by atomic mass is 32.1. The van der Waals surface area contributed by atoms with Crippen LogP contribution < -0.4 is 5.32 Å². The molecule has 1 N–H and O–H groups in total. The van der Waals surface area contributed by atoms with Gasteiger partial charge in [-0.1, -0.05) is 19.1 Å². The molecular weight excluding hydrogens is 247 g/mol. The first-order chi connectivity index (χ1) is 8.69. The summed E-state index contributed by atoms with van der Waals surface area (Å²) in [6, 6.07) is 6.91. The number of thiazole rings is 1. The zero-order valence-corrected chi connectivity index (χ0v) is 11.4. The average Bonchev–Trinajstić information content (AvgIpc) is 2.75. The highest BCUT2D eigenvalue weighted by Gasteiger charge is 2.14. The van der Waals surface area contributed by atoms with E-state index in [0.717, 1.165) is 29.2 Å². The van der Waals surface area contributed by atoms with Crippen LogP contribution in [0.5, 0.6) is 0 Å². The number of nitrogens with zero attached hydrogens (tertiary/aromatic N) is 1. The fourth-order valence-corrected chi connectivity index (χ4v) is 2.63. The van der Waals surface area contributed by atoms with Gasteiger partial charge in [-0.15, -0.1) is 11.3 Å². The molecule has 2 rings (SSSR count). The predicted octanol–water partition coefficient (Wildman–Crippen LogP) is 3.48. The lowest BCUT2D eigenvalue weighted by Crippen LogP contribution is -2.23. The Labute approximate surface area is 111 Å². The first kappa shape index (κ1) is 13.2. The van der Waals surface area contributed by atoms with E-state index in [2.05, 4.69) is 22.6 Å². The molecule has 4 heteroatoms. The van der Waals surface area contributed by atoms with Gasteiger partial charge >= 0.3 is 0 Å². The van der Waals surface area contributed by atoms with E-state index in [0.29, 0.717) is 0 Å². The monoisotopic (exact) mass is 264 g/mol. The summed E-state index contributed by atoms with van der Waals surface area (Å²) in [5.74, 6) is -0.183. The first-order valence-electron chi connectivity index (χ1n) is 6.09. The summed E-state index contributed by atoms with van der Waals surface area (Å²) in [6.07, 6.45) is 0.759. The quantitative estimate of drug-likeness (QED) is 0.894. The summed E-state index contributed by atoms with van der Waals surface area (Å²) in [4.78, 5) is 4.51. The van der Waals surface area contributed by atoms with E-state index in [9.17, 15) is 4.39 Å². The van der Waals surface area contributed by atoms with Crippen molar-refractivity contribution in [3.8, 4) is 0 Å². The third kappa shape index (κ3) is 3.37. The molecule has 0 saturated heterocycles. The minimum absolute atomic E-state index is 0.154. The molecule has 0 aliphatic heterocycles. The summed E-state index contributed by atoms with van der Waals surface area (Å²) >= 11 is 1.65. The van der Waals surface area contributed by atoms with E-state index in [1.54, 1.807) is 23.5 Å². The molecule has 1 aromatic carbocycles. The molecule has 0 aliphatic rings. The number of aromatic nitrogens is 1. The second kappa shape index (κ2) is 6.07. The number of hydrogen-bond acceptors (Lipinski definition) is 3. The van der Waals surface area contributed by atoms with E-state index in [4.69, 9.17) is 0 Å². The number of nitrogens with one attached hydrogen (secondary N) is 1. The molecule has 0 fully saturated rings. The molecule has 0 amide bonds. The SMILES string of the molecule is CCNC(Cc1cccc(F)c1)c1csc(C)n1. The van der Waals surface area contributed by atoms with Crippen molar-refractivity contribution in [2.24, 2.45) is 0 Å². The largest absolute Gasteiger partial charge is 0.309 e. The molecule has 0 aliphatic carbocycles. The van der Waals surface area contributed by atoms with Crippen LogP contribution >= 0.6 is 11.3 Å². The van der Waals surface area contributed by atoms with Crippen LogP contribution in [0.15, 0.2) is 29.6 Å². The van der Waals surface area contributed by atoms with Crippen LogP contribution in [0.2, 0.25) is 0 Å². The Kier molecular flexibility index (Phi) is 4.44. The Hall–Kier alpha value is -1.26. The normalized spacial score (nSPS) is 12.6. The lowest BCUT2D eigenvalue weighted by molar-refractivity contribution is 0.536. The van der Waals surface area contributed by atoms with Crippen molar-refractivity contribution in [2.75, 3.05) is 6.54 Å². The van der Waals surface area contributed by atoms with Gasteiger partial charge in [0.25, 0.3) is 0 Å². The summed E-state index contributed by atoms with van der Waals surface area (Å²) in [5.41, 5.74) is 2.04.